The summed E-state index contributed by atoms with van der Waals surface area (Å²) >= 11 is 0. The molecule has 0 saturated heterocycles. The predicted octanol–water partition coefficient (Wildman–Crippen LogP) is 0.453. The second kappa shape index (κ2) is 5.12. The Morgan fingerprint density at radius 3 is 2.93 bits per heavy atom. The molecule has 0 aromatic carbocycles. The number of hydrogen-bond acceptors (Lipinski definition) is 3. The molecular weight excluding hydrogens is 178 g/mol. The largest absolute Gasteiger partial charge is 0.392 e. The predicted molar refractivity (Wildman–Crippen MR) is 56.0 cm³/mol. The lowest BCUT2D eigenvalue weighted by molar-refractivity contribution is 0.191. The summed E-state index contributed by atoms with van der Waals surface area (Å²) in [5.41, 5.74) is 2.35. The van der Waals surface area contributed by atoms with E-state index in [4.69, 9.17) is 5.11 Å². The van der Waals surface area contributed by atoms with Gasteiger partial charge in [-0.3, -0.25) is 4.68 Å². The fourth-order valence-corrected chi connectivity index (χ4v) is 1.44. The Morgan fingerprint density at radius 2 is 2.36 bits per heavy atom. The summed E-state index contributed by atoms with van der Waals surface area (Å²) in [6.45, 7) is 5.28. The van der Waals surface area contributed by atoms with Crippen LogP contribution in [0.4, 0.5) is 0 Å². The van der Waals surface area contributed by atoms with Crippen LogP contribution in [0.2, 0.25) is 0 Å². The molecule has 1 aromatic heterocycles. The van der Waals surface area contributed by atoms with Crippen LogP contribution in [0.25, 0.3) is 0 Å². The molecule has 0 bridgehead atoms. The van der Waals surface area contributed by atoms with Gasteiger partial charge in [0.1, 0.15) is 0 Å². The summed E-state index contributed by atoms with van der Waals surface area (Å²) in [5.74, 6) is 0. The van der Waals surface area contributed by atoms with Crippen LogP contribution in [0, 0.1) is 0 Å². The number of nitrogens with zero attached hydrogens (tertiary/aromatic N) is 2. The van der Waals surface area contributed by atoms with Crippen molar-refractivity contribution in [2.45, 2.75) is 32.9 Å². The second-order valence-electron chi connectivity index (χ2n) is 3.61. The Hall–Kier alpha value is -0.870. The van der Waals surface area contributed by atoms with E-state index in [9.17, 15) is 0 Å². The summed E-state index contributed by atoms with van der Waals surface area (Å²) in [4.78, 5) is 0. The van der Waals surface area contributed by atoms with Crippen molar-refractivity contribution in [2.75, 3.05) is 6.54 Å². The van der Waals surface area contributed by atoms with Crippen LogP contribution in [0.1, 0.15) is 25.1 Å². The van der Waals surface area contributed by atoms with Crippen LogP contribution in [0.5, 0.6) is 0 Å². The summed E-state index contributed by atoms with van der Waals surface area (Å²) in [6, 6.07) is 0. The SMILES string of the molecule is CCc1nn(C)cc1CNC[C@H](C)O. The monoisotopic (exact) mass is 197 g/mol. The fraction of sp³-hybridized carbons (Fsp3) is 0.700. The van der Waals surface area contributed by atoms with Gasteiger partial charge in [0.2, 0.25) is 0 Å². The number of aliphatic hydroxyl groups is 1. The molecule has 0 amide bonds. The molecule has 0 aliphatic heterocycles. The Labute approximate surface area is 84.9 Å². The molecule has 0 unspecified atom stereocenters. The molecule has 1 rings (SSSR count). The van der Waals surface area contributed by atoms with E-state index >= 15 is 0 Å². The van der Waals surface area contributed by atoms with E-state index in [1.807, 2.05) is 17.9 Å². The van der Waals surface area contributed by atoms with Gasteiger partial charge < -0.3 is 10.4 Å². The summed E-state index contributed by atoms with van der Waals surface area (Å²) in [7, 11) is 1.93. The summed E-state index contributed by atoms with van der Waals surface area (Å²) in [6.07, 6.45) is 2.68. The van der Waals surface area contributed by atoms with Crippen LogP contribution in [0.15, 0.2) is 6.20 Å². The minimum atomic E-state index is -0.295. The minimum Gasteiger partial charge on any atom is -0.392 e. The standard InChI is InChI=1S/C10H19N3O/c1-4-10-9(7-13(3)12-10)6-11-5-8(2)14/h7-8,11,14H,4-6H2,1-3H3/t8-/m0/s1. The molecule has 0 aliphatic carbocycles. The van der Waals surface area contributed by atoms with Gasteiger partial charge in [0.05, 0.1) is 11.8 Å². The third-order valence-corrected chi connectivity index (χ3v) is 2.08. The van der Waals surface area contributed by atoms with Crippen molar-refractivity contribution in [3.8, 4) is 0 Å². The first-order valence-electron chi connectivity index (χ1n) is 5.03. The first-order valence-corrected chi connectivity index (χ1v) is 5.03. The molecule has 1 heterocycles. The lowest BCUT2D eigenvalue weighted by Gasteiger charge is -2.05. The first-order chi connectivity index (χ1) is 6.63. The average Bonchev–Trinajstić information content (AvgIpc) is 2.45. The molecule has 80 valence electrons. The highest BCUT2D eigenvalue weighted by Gasteiger charge is 2.05. The van der Waals surface area contributed by atoms with Gasteiger partial charge in [-0.1, -0.05) is 6.92 Å². The van der Waals surface area contributed by atoms with E-state index in [-0.39, 0.29) is 6.10 Å². The number of rotatable bonds is 5. The highest BCUT2D eigenvalue weighted by atomic mass is 16.3. The van der Waals surface area contributed by atoms with E-state index in [2.05, 4.69) is 17.3 Å². The molecule has 0 radical (unpaired) electrons. The lowest BCUT2D eigenvalue weighted by atomic mass is 10.2. The van der Waals surface area contributed by atoms with Crippen molar-refractivity contribution in [2.24, 2.45) is 7.05 Å². The van der Waals surface area contributed by atoms with E-state index in [0.717, 1.165) is 18.7 Å². The maximum atomic E-state index is 9.08. The third-order valence-electron chi connectivity index (χ3n) is 2.08. The number of nitrogens with one attached hydrogen (secondary N) is 1. The van der Waals surface area contributed by atoms with Crippen LogP contribution in [-0.4, -0.2) is 27.5 Å². The number of hydrogen-bond donors (Lipinski definition) is 2. The average molecular weight is 197 g/mol. The molecular formula is C10H19N3O. The van der Waals surface area contributed by atoms with Crippen LogP contribution in [0.3, 0.4) is 0 Å². The second-order valence-corrected chi connectivity index (χ2v) is 3.61. The zero-order chi connectivity index (χ0) is 10.6. The van der Waals surface area contributed by atoms with E-state index in [1.54, 1.807) is 6.92 Å². The van der Waals surface area contributed by atoms with E-state index in [1.165, 1.54) is 5.56 Å². The number of aliphatic hydroxyl groups excluding tert-OH is 1. The topological polar surface area (TPSA) is 50.1 Å². The molecule has 0 spiro atoms. The van der Waals surface area contributed by atoms with Crippen molar-refractivity contribution in [1.82, 2.24) is 15.1 Å². The van der Waals surface area contributed by atoms with Crippen LogP contribution in [-0.2, 0) is 20.0 Å². The maximum absolute atomic E-state index is 9.08. The highest BCUT2D eigenvalue weighted by molar-refractivity contribution is 5.16. The van der Waals surface area contributed by atoms with Gasteiger partial charge in [-0.05, 0) is 13.3 Å². The molecule has 1 aromatic rings. The molecule has 0 saturated carbocycles. The van der Waals surface area contributed by atoms with Gasteiger partial charge in [0.15, 0.2) is 0 Å². The maximum Gasteiger partial charge on any atom is 0.0666 e. The quantitative estimate of drug-likeness (QED) is 0.720. The zero-order valence-corrected chi connectivity index (χ0v) is 9.12. The summed E-state index contributed by atoms with van der Waals surface area (Å²) < 4.78 is 1.83. The Kier molecular flexibility index (Phi) is 4.10. The van der Waals surface area contributed by atoms with Gasteiger partial charge in [-0.15, -0.1) is 0 Å². The Bertz CT molecular complexity index is 281. The van der Waals surface area contributed by atoms with Crippen molar-refractivity contribution in [3.63, 3.8) is 0 Å². The normalized spacial score (nSPS) is 13.1. The van der Waals surface area contributed by atoms with Crippen LogP contribution >= 0.6 is 0 Å². The summed E-state index contributed by atoms with van der Waals surface area (Å²) in [5, 5.41) is 16.6. The van der Waals surface area contributed by atoms with Crippen LogP contribution < -0.4 is 5.32 Å². The molecule has 4 nitrogen and oxygen atoms in total. The van der Waals surface area contributed by atoms with Gasteiger partial charge in [0, 0.05) is 31.9 Å². The van der Waals surface area contributed by atoms with Crippen molar-refractivity contribution in [1.29, 1.82) is 0 Å². The van der Waals surface area contributed by atoms with E-state index in [0.29, 0.717) is 6.54 Å². The van der Waals surface area contributed by atoms with Gasteiger partial charge >= 0.3 is 0 Å². The Balaban J connectivity index is 2.48. The fourth-order valence-electron chi connectivity index (χ4n) is 1.44. The molecule has 14 heavy (non-hydrogen) atoms. The molecule has 0 aliphatic rings. The van der Waals surface area contributed by atoms with Gasteiger partial charge in [-0.2, -0.15) is 5.10 Å². The molecule has 4 heteroatoms. The Morgan fingerprint density at radius 1 is 1.64 bits per heavy atom. The molecule has 2 N–H and O–H groups in total. The van der Waals surface area contributed by atoms with Crippen molar-refractivity contribution < 1.29 is 5.11 Å². The van der Waals surface area contributed by atoms with Crippen molar-refractivity contribution in [3.05, 3.63) is 17.5 Å². The molecule has 0 fully saturated rings. The molecule has 1 atom stereocenters. The minimum absolute atomic E-state index is 0.295. The smallest absolute Gasteiger partial charge is 0.0666 e. The zero-order valence-electron chi connectivity index (χ0n) is 9.12. The highest BCUT2D eigenvalue weighted by Crippen LogP contribution is 2.06. The van der Waals surface area contributed by atoms with Gasteiger partial charge in [-0.25, -0.2) is 0 Å². The van der Waals surface area contributed by atoms with Crippen molar-refractivity contribution >= 4 is 0 Å². The van der Waals surface area contributed by atoms with E-state index < -0.39 is 0 Å². The van der Waals surface area contributed by atoms with Gasteiger partial charge in [0.25, 0.3) is 0 Å². The lowest BCUT2D eigenvalue weighted by Crippen LogP contribution is -2.24. The first kappa shape index (κ1) is 11.2. The third kappa shape index (κ3) is 3.12. The number of aromatic nitrogens is 2. The number of aryl methyl sites for hydroxylation is 2.